The predicted molar refractivity (Wildman–Crippen MR) is 113 cm³/mol. The molecule has 3 aliphatic rings. The third kappa shape index (κ3) is 5.31. The van der Waals surface area contributed by atoms with Gasteiger partial charge in [0, 0.05) is 6.42 Å². The molecule has 5 heteroatoms. The standard InChI is InChI=1S/C24H39NO4/c1-16(5-3-7-23(28)25-29)21-10-11-22-18(6-4-12-24(21,22)2)9-8-17-13-19(26)15-20(27)14-17/h8-9,16,19-22,26-27,29H,3-7,10-15H2,1-2H3,(H,25,28)/t16-,19-,20-,21-,22+,24-/m1/s1. The molecule has 1 amide bonds. The average molecular weight is 406 g/mol. The van der Waals surface area contributed by atoms with E-state index in [-0.39, 0.29) is 5.91 Å². The summed E-state index contributed by atoms with van der Waals surface area (Å²) in [6, 6.07) is 0. The zero-order chi connectivity index (χ0) is 21.0. The minimum absolute atomic E-state index is 0.290. The third-order valence-corrected chi connectivity index (χ3v) is 7.99. The van der Waals surface area contributed by atoms with Crippen molar-refractivity contribution in [1.82, 2.24) is 5.48 Å². The predicted octanol–water partition coefficient (Wildman–Crippen LogP) is 4.27. The highest BCUT2D eigenvalue weighted by Gasteiger charge is 2.50. The van der Waals surface area contributed by atoms with Gasteiger partial charge in [-0.1, -0.05) is 37.1 Å². The van der Waals surface area contributed by atoms with Crippen molar-refractivity contribution in [3.63, 3.8) is 0 Å². The van der Waals surface area contributed by atoms with Gasteiger partial charge in [-0.3, -0.25) is 10.0 Å². The Balaban J connectivity index is 1.65. The molecule has 0 heterocycles. The zero-order valence-corrected chi connectivity index (χ0v) is 18.1. The first-order valence-electron chi connectivity index (χ1n) is 11.5. The maximum absolute atomic E-state index is 11.3. The maximum Gasteiger partial charge on any atom is 0.243 e. The summed E-state index contributed by atoms with van der Waals surface area (Å²) < 4.78 is 0. The summed E-state index contributed by atoms with van der Waals surface area (Å²) in [5.74, 6) is 1.60. The Kier molecular flexibility index (Phi) is 7.58. The molecule has 5 nitrogen and oxygen atoms in total. The van der Waals surface area contributed by atoms with Crippen molar-refractivity contribution in [2.45, 2.75) is 96.7 Å². The second kappa shape index (κ2) is 9.76. The molecule has 0 spiro atoms. The number of hydrogen-bond acceptors (Lipinski definition) is 4. The molecule has 0 radical (unpaired) electrons. The van der Waals surface area contributed by atoms with Crippen LogP contribution >= 0.6 is 0 Å². The summed E-state index contributed by atoms with van der Waals surface area (Å²) in [6.07, 6.45) is 13.9. The molecule has 3 rings (SSSR count). The summed E-state index contributed by atoms with van der Waals surface area (Å²) in [6.45, 7) is 4.81. The van der Waals surface area contributed by atoms with E-state index in [1.165, 1.54) is 31.3 Å². The van der Waals surface area contributed by atoms with Gasteiger partial charge in [0.25, 0.3) is 0 Å². The number of hydroxylamine groups is 1. The first-order chi connectivity index (χ1) is 13.8. The van der Waals surface area contributed by atoms with Crippen LogP contribution in [0.25, 0.3) is 0 Å². The van der Waals surface area contributed by atoms with E-state index in [1.54, 1.807) is 11.1 Å². The van der Waals surface area contributed by atoms with E-state index in [2.05, 4.69) is 26.0 Å². The molecule has 0 aromatic rings. The highest BCUT2D eigenvalue weighted by Crippen LogP contribution is 2.59. The fourth-order valence-corrected chi connectivity index (χ4v) is 6.59. The highest BCUT2D eigenvalue weighted by atomic mass is 16.5. The first kappa shape index (κ1) is 22.5. The molecule has 29 heavy (non-hydrogen) atoms. The molecule has 0 aromatic heterocycles. The summed E-state index contributed by atoms with van der Waals surface area (Å²) in [4.78, 5) is 11.3. The van der Waals surface area contributed by atoms with Crippen LogP contribution in [0.4, 0.5) is 0 Å². The van der Waals surface area contributed by atoms with Gasteiger partial charge >= 0.3 is 0 Å². The van der Waals surface area contributed by atoms with Crippen molar-refractivity contribution in [2.24, 2.45) is 23.2 Å². The minimum atomic E-state index is -0.412. The van der Waals surface area contributed by atoms with Gasteiger partial charge in [0.05, 0.1) is 12.2 Å². The van der Waals surface area contributed by atoms with Crippen LogP contribution in [0.3, 0.4) is 0 Å². The number of aliphatic hydroxyl groups excluding tert-OH is 2. The third-order valence-electron chi connectivity index (χ3n) is 7.99. The van der Waals surface area contributed by atoms with Gasteiger partial charge in [0.2, 0.25) is 5.91 Å². The summed E-state index contributed by atoms with van der Waals surface area (Å²) >= 11 is 0. The van der Waals surface area contributed by atoms with Crippen LogP contribution in [-0.4, -0.2) is 33.5 Å². The van der Waals surface area contributed by atoms with Crippen molar-refractivity contribution in [2.75, 3.05) is 0 Å². The second-order valence-corrected chi connectivity index (χ2v) is 10.0. The first-order valence-corrected chi connectivity index (χ1v) is 11.5. The molecule has 0 bridgehead atoms. The van der Waals surface area contributed by atoms with E-state index in [0.717, 1.165) is 19.3 Å². The Labute approximate surface area is 175 Å². The van der Waals surface area contributed by atoms with Crippen LogP contribution in [0.2, 0.25) is 0 Å². The van der Waals surface area contributed by atoms with Gasteiger partial charge in [-0.15, -0.1) is 0 Å². The maximum atomic E-state index is 11.3. The normalized spacial score (nSPS) is 37.3. The number of carbonyl (C=O) groups excluding carboxylic acids is 1. The SMILES string of the molecule is C[C@H](CCCC(=O)NO)[C@H]1CC[C@H]2C(=CC=C3C[C@@H](O)C[C@H](O)C3)CCC[C@]12C. The van der Waals surface area contributed by atoms with E-state index in [1.807, 2.05) is 0 Å². The van der Waals surface area contributed by atoms with E-state index in [0.29, 0.717) is 48.9 Å². The lowest BCUT2D eigenvalue weighted by Crippen LogP contribution is -2.36. The van der Waals surface area contributed by atoms with E-state index in [4.69, 9.17) is 5.21 Å². The van der Waals surface area contributed by atoms with Crippen LogP contribution in [0.15, 0.2) is 23.3 Å². The summed E-state index contributed by atoms with van der Waals surface area (Å²) in [5.41, 5.74) is 4.78. The lowest BCUT2D eigenvalue weighted by atomic mass is 9.60. The van der Waals surface area contributed by atoms with Crippen molar-refractivity contribution < 1.29 is 20.2 Å². The molecule has 0 aliphatic heterocycles. The Morgan fingerprint density at radius 2 is 1.97 bits per heavy atom. The number of amides is 1. The molecule has 164 valence electrons. The number of hydrogen-bond donors (Lipinski definition) is 4. The molecule has 0 unspecified atom stereocenters. The molecule has 4 N–H and O–H groups in total. The molecule has 3 fully saturated rings. The smallest absolute Gasteiger partial charge is 0.243 e. The molecule has 3 aliphatic carbocycles. The molecule has 0 saturated heterocycles. The quantitative estimate of drug-likeness (QED) is 0.392. The fraction of sp³-hybridized carbons (Fsp3) is 0.792. The lowest BCUT2D eigenvalue weighted by molar-refractivity contribution is -0.129. The Morgan fingerprint density at radius 1 is 1.24 bits per heavy atom. The lowest BCUT2D eigenvalue weighted by Gasteiger charge is -2.44. The van der Waals surface area contributed by atoms with Crippen LogP contribution in [-0.2, 0) is 4.79 Å². The van der Waals surface area contributed by atoms with Gasteiger partial charge in [-0.05, 0) is 87.4 Å². The largest absolute Gasteiger partial charge is 0.393 e. The molecule has 0 aromatic carbocycles. The van der Waals surface area contributed by atoms with Gasteiger partial charge in [-0.25, -0.2) is 5.48 Å². The Bertz CT molecular complexity index is 631. The summed E-state index contributed by atoms with van der Waals surface area (Å²) in [7, 11) is 0. The zero-order valence-electron chi connectivity index (χ0n) is 18.1. The van der Waals surface area contributed by atoms with Gasteiger partial charge in [0.1, 0.15) is 0 Å². The highest BCUT2D eigenvalue weighted by molar-refractivity contribution is 5.74. The minimum Gasteiger partial charge on any atom is -0.393 e. The van der Waals surface area contributed by atoms with Gasteiger partial charge in [0.15, 0.2) is 0 Å². The Hall–Kier alpha value is -1.17. The average Bonchev–Trinajstić information content (AvgIpc) is 3.03. The number of aliphatic hydroxyl groups is 2. The number of fused-ring (bicyclic) bond motifs is 1. The topological polar surface area (TPSA) is 89.8 Å². The monoisotopic (exact) mass is 405 g/mol. The molecule has 6 atom stereocenters. The molecule has 3 saturated carbocycles. The molecular weight excluding hydrogens is 366 g/mol. The van der Waals surface area contributed by atoms with Crippen LogP contribution in [0, 0.1) is 23.2 Å². The van der Waals surface area contributed by atoms with Gasteiger partial charge in [-0.2, -0.15) is 0 Å². The summed E-state index contributed by atoms with van der Waals surface area (Å²) in [5, 5.41) is 28.5. The number of allylic oxidation sites excluding steroid dienone is 3. The fourth-order valence-electron chi connectivity index (χ4n) is 6.59. The van der Waals surface area contributed by atoms with Crippen LogP contribution < -0.4 is 5.48 Å². The van der Waals surface area contributed by atoms with Crippen molar-refractivity contribution in [3.05, 3.63) is 23.3 Å². The number of nitrogens with one attached hydrogen (secondary N) is 1. The van der Waals surface area contributed by atoms with E-state index in [9.17, 15) is 15.0 Å². The van der Waals surface area contributed by atoms with Crippen LogP contribution in [0.5, 0.6) is 0 Å². The second-order valence-electron chi connectivity index (χ2n) is 10.0. The van der Waals surface area contributed by atoms with E-state index < -0.39 is 12.2 Å². The van der Waals surface area contributed by atoms with Gasteiger partial charge < -0.3 is 10.2 Å². The van der Waals surface area contributed by atoms with Crippen molar-refractivity contribution >= 4 is 5.91 Å². The van der Waals surface area contributed by atoms with E-state index >= 15 is 0 Å². The Morgan fingerprint density at radius 3 is 2.66 bits per heavy atom. The molecular formula is C24H39NO4. The van der Waals surface area contributed by atoms with Crippen LogP contribution in [0.1, 0.15) is 84.5 Å². The van der Waals surface area contributed by atoms with Crippen molar-refractivity contribution in [3.8, 4) is 0 Å². The number of carbonyl (C=O) groups is 1. The number of rotatable bonds is 6. The van der Waals surface area contributed by atoms with Crippen molar-refractivity contribution in [1.29, 1.82) is 0 Å².